The fourth-order valence-corrected chi connectivity index (χ4v) is 14.7. The predicted octanol–water partition coefficient (Wildman–Crippen LogP) is 30.9. The number of hydrogen-bond donors (Lipinski definition) is 3. The summed E-state index contributed by atoms with van der Waals surface area (Å²) in [5, 5.41) is 23.5. The van der Waals surface area contributed by atoms with Gasteiger partial charge in [-0.25, -0.2) is 0 Å². The Kier molecular flexibility index (Phi) is 86.8. The van der Waals surface area contributed by atoms with E-state index in [1.165, 1.54) is 443 Å². The van der Waals surface area contributed by atoms with Crippen molar-refractivity contribution in [2.24, 2.45) is 0 Å². The van der Waals surface area contributed by atoms with E-state index in [2.05, 4.69) is 55.6 Å². The molecule has 0 aromatic heterocycles. The molecule has 2 atom stereocenters. The molecule has 0 heterocycles. The number of carbonyl (C=O) groups excluding carboxylic acids is 2. The van der Waals surface area contributed by atoms with Crippen molar-refractivity contribution < 1.29 is 24.5 Å². The van der Waals surface area contributed by atoms with Gasteiger partial charge in [-0.05, 0) is 83.5 Å². The van der Waals surface area contributed by atoms with Crippen molar-refractivity contribution in [3.63, 3.8) is 0 Å². The molecule has 1 amide bonds. The van der Waals surface area contributed by atoms with Crippen LogP contribution in [0.25, 0.3) is 0 Å². The number of esters is 1. The van der Waals surface area contributed by atoms with E-state index in [4.69, 9.17) is 4.74 Å². The molecule has 0 aliphatic heterocycles. The van der Waals surface area contributed by atoms with Gasteiger partial charge < -0.3 is 20.3 Å². The number of hydrogen-bond acceptors (Lipinski definition) is 5. The average molecular weight is 1390 g/mol. The molecule has 0 saturated heterocycles. The minimum absolute atomic E-state index is 0.0211. The van der Waals surface area contributed by atoms with Crippen LogP contribution in [-0.2, 0) is 14.3 Å². The Bertz CT molecular complexity index is 1610. The number of unbranched alkanes of at least 4 members (excludes halogenated alkanes) is 70. The fourth-order valence-electron chi connectivity index (χ4n) is 14.7. The lowest BCUT2D eigenvalue weighted by Crippen LogP contribution is -2.45. The number of amides is 1. The van der Waals surface area contributed by atoms with Crippen LogP contribution in [0.1, 0.15) is 521 Å². The van der Waals surface area contributed by atoms with Gasteiger partial charge in [-0.1, -0.05) is 461 Å². The molecule has 3 N–H and O–H groups in total. The standard InChI is InChI=1S/C93H179NO5/c1-3-5-7-9-11-13-15-17-19-21-23-24-25-43-46-50-53-57-61-65-69-73-77-81-85-91(96)90(89-95)94-92(97)86-82-78-74-70-66-62-58-54-51-47-44-41-39-37-35-33-31-29-27-26-28-30-32-34-36-38-40-42-45-48-52-56-60-64-68-72-76-80-84-88-99-93(98)87-83-79-75-71-67-63-59-55-49-22-20-18-16-14-12-10-8-6-4-2/h18,20,26-27,30,32,90-91,95-96H,3-17,19,21-25,28-29,31,33-89H2,1-2H3,(H,94,97)/b20-18-,27-26-,32-30-. The zero-order chi connectivity index (χ0) is 71.2. The number of nitrogens with one attached hydrogen (secondary N) is 1. The summed E-state index contributed by atoms with van der Waals surface area (Å²) in [6, 6.07) is -0.541. The van der Waals surface area contributed by atoms with Gasteiger partial charge in [-0.15, -0.1) is 0 Å². The number of aliphatic hydroxyl groups is 2. The summed E-state index contributed by atoms with van der Waals surface area (Å²) in [6.07, 6.45) is 117. The summed E-state index contributed by atoms with van der Waals surface area (Å²) >= 11 is 0. The van der Waals surface area contributed by atoms with Crippen LogP contribution in [0.4, 0.5) is 0 Å². The van der Waals surface area contributed by atoms with Crippen molar-refractivity contribution >= 4 is 11.9 Å². The third kappa shape index (κ3) is 84.9. The lowest BCUT2D eigenvalue weighted by Gasteiger charge is -2.22. The first-order chi connectivity index (χ1) is 49.0. The highest BCUT2D eigenvalue weighted by atomic mass is 16.5. The van der Waals surface area contributed by atoms with Crippen LogP contribution in [0.5, 0.6) is 0 Å². The second kappa shape index (κ2) is 88.5. The lowest BCUT2D eigenvalue weighted by atomic mass is 10.0. The molecule has 0 fully saturated rings. The molecule has 2 unspecified atom stereocenters. The predicted molar refractivity (Wildman–Crippen MR) is 439 cm³/mol. The fraction of sp³-hybridized carbons (Fsp3) is 0.914. The summed E-state index contributed by atoms with van der Waals surface area (Å²) in [4.78, 5) is 24.7. The normalized spacial score (nSPS) is 12.6. The molecule has 6 heteroatoms. The van der Waals surface area contributed by atoms with Gasteiger partial charge in [-0.2, -0.15) is 0 Å². The maximum absolute atomic E-state index is 12.6. The largest absolute Gasteiger partial charge is 0.466 e. The molecule has 0 aliphatic carbocycles. The van der Waals surface area contributed by atoms with Gasteiger partial charge in [0.15, 0.2) is 0 Å². The first-order valence-electron chi connectivity index (χ1n) is 45.7. The molecule has 6 nitrogen and oxygen atoms in total. The lowest BCUT2D eigenvalue weighted by molar-refractivity contribution is -0.143. The first kappa shape index (κ1) is 97.1. The Morgan fingerprint density at radius 2 is 0.505 bits per heavy atom. The zero-order valence-electron chi connectivity index (χ0n) is 67.5. The molecule has 0 bridgehead atoms. The van der Waals surface area contributed by atoms with E-state index in [-0.39, 0.29) is 18.5 Å². The van der Waals surface area contributed by atoms with E-state index in [1.54, 1.807) is 0 Å². The highest BCUT2D eigenvalue weighted by molar-refractivity contribution is 5.76. The molecule has 0 aliphatic rings. The second-order valence-corrected chi connectivity index (χ2v) is 31.6. The smallest absolute Gasteiger partial charge is 0.305 e. The Morgan fingerprint density at radius 3 is 0.778 bits per heavy atom. The maximum Gasteiger partial charge on any atom is 0.305 e. The summed E-state index contributed by atoms with van der Waals surface area (Å²) in [7, 11) is 0. The van der Waals surface area contributed by atoms with Gasteiger partial charge in [0.1, 0.15) is 0 Å². The molecule has 0 saturated carbocycles. The minimum atomic E-state index is -0.664. The molecule has 0 spiro atoms. The highest BCUT2D eigenvalue weighted by Crippen LogP contribution is 2.21. The Balaban J connectivity index is 3.35. The van der Waals surface area contributed by atoms with E-state index >= 15 is 0 Å². The number of ether oxygens (including phenoxy) is 1. The average Bonchev–Trinajstić information content (AvgIpc) is 2.01. The van der Waals surface area contributed by atoms with E-state index in [0.29, 0.717) is 25.9 Å². The Hall–Kier alpha value is -1.92. The molecular formula is C93H179NO5. The van der Waals surface area contributed by atoms with Crippen LogP contribution in [0.3, 0.4) is 0 Å². The third-order valence-corrected chi connectivity index (χ3v) is 21.7. The van der Waals surface area contributed by atoms with Crippen LogP contribution in [0.2, 0.25) is 0 Å². The van der Waals surface area contributed by atoms with Crippen LogP contribution in [0.15, 0.2) is 36.5 Å². The number of carbonyl (C=O) groups is 2. The van der Waals surface area contributed by atoms with Gasteiger partial charge in [0.05, 0.1) is 25.4 Å². The molecular weight excluding hydrogens is 1210 g/mol. The molecule has 0 aromatic rings. The Morgan fingerprint density at radius 1 is 0.283 bits per heavy atom. The van der Waals surface area contributed by atoms with E-state index < -0.39 is 12.1 Å². The van der Waals surface area contributed by atoms with Gasteiger partial charge in [0.2, 0.25) is 5.91 Å². The molecule has 0 rings (SSSR count). The van der Waals surface area contributed by atoms with Crippen molar-refractivity contribution in [3.05, 3.63) is 36.5 Å². The summed E-state index contributed by atoms with van der Waals surface area (Å²) in [6.45, 7) is 5.01. The van der Waals surface area contributed by atoms with Gasteiger partial charge in [-0.3, -0.25) is 9.59 Å². The van der Waals surface area contributed by atoms with Crippen LogP contribution >= 0.6 is 0 Å². The second-order valence-electron chi connectivity index (χ2n) is 31.6. The maximum atomic E-state index is 12.6. The Labute approximate surface area is 621 Å². The van der Waals surface area contributed by atoms with Crippen molar-refractivity contribution in [3.8, 4) is 0 Å². The van der Waals surface area contributed by atoms with Crippen LogP contribution in [0, 0.1) is 0 Å². The summed E-state index contributed by atoms with van der Waals surface area (Å²) < 4.78 is 5.52. The van der Waals surface area contributed by atoms with E-state index in [1.807, 2.05) is 0 Å². The monoisotopic (exact) mass is 1390 g/mol. The number of aliphatic hydroxyl groups excluding tert-OH is 2. The van der Waals surface area contributed by atoms with Crippen molar-refractivity contribution in [1.29, 1.82) is 0 Å². The molecule has 586 valence electrons. The zero-order valence-corrected chi connectivity index (χ0v) is 67.5. The van der Waals surface area contributed by atoms with Gasteiger partial charge >= 0.3 is 5.97 Å². The topological polar surface area (TPSA) is 95.9 Å². The SMILES string of the molecule is CCCCCCCC/C=C\CCCCCCCCCCCC(=O)OCCCCCCCCCCCCCCCCC/C=C\C/C=C\CCCCCCCCCCCCCCCCCCCC(=O)NC(CO)C(O)CCCCCCCCCCCCCCCCCCCCCCCCCC. The van der Waals surface area contributed by atoms with Crippen LogP contribution in [-0.4, -0.2) is 47.4 Å². The molecule has 0 radical (unpaired) electrons. The minimum Gasteiger partial charge on any atom is -0.466 e. The number of rotatable bonds is 87. The van der Waals surface area contributed by atoms with E-state index in [0.717, 1.165) is 44.9 Å². The molecule has 0 aromatic carbocycles. The van der Waals surface area contributed by atoms with Crippen molar-refractivity contribution in [1.82, 2.24) is 5.32 Å². The number of allylic oxidation sites excluding steroid dienone is 6. The van der Waals surface area contributed by atoms with Crippen LogP contribution < -0.4 is 5.32 Å². The first-order valence-corrected chi connectivity index (χ1v) is 45.7. The van der Waals surface area contributed by atoms with E-state index in [9.17, 15) is 19.8 Å². The summed E-state index contributed by atoms with van der Waals surface area (Å²) in [5.74, 6) is -0.00458. The van der Waals surface area contributed by atoms with Gasteiger partial charge in [0.25, 0.3) is 0 Å². The molecule has 99 heavy (non-hydrogen) atoms. The highest BCUT2D eigenvalue weighted by Gasteiger charge is 2.20. The van der Waals surface area contributed by atoms with Crippen molar-refractivity contribution in [2.45, 2.75) is 533 Å². The quantitative estimate of drug-likeness (QED) is 0.0320. The third-order valence-electron chi connectivity index (χ3n) is 21.7. The summed E-state index contributed by atoms with van der Waals surface area (Å²) in [5.41, 5.74) is 0. The van der Waals surface area contributed by atoms with Gasteiger partial charge in [0, 0.05) is 12.8 Å². The van der Waals surface area contributed by atoms with Crippen molar-refractivity contribution in [2.75, 3.05) is 13.2 Å².